The molecular formula is C28H44F2O. The molecule has 0 radical (unpaired) electrons. The first-order valence-corrected chi connectivity index (χ1v) is 13.2. The van der Waals surface area contributed by atoms with Gasteiger partial charge in [-0.15, -0.1) is 0 Å². The van der Waals surface area contributed by atoms with E-state index in [1.807, 2.05) is 0 Å². The summed E-state index contributed by atoms with van der Waals surface area (Å²) in [6.07, 6.45) is 18.8. The highest BCUT2D eigenvalue weighted by Gasteiger charge is 2.28. The van der Waals surface area contributed by atoms with Gasteiger partial charge in [-0.05, 0) is 67.4 Å². The van der Waals surface area contributed by atoms with Crippen LogP contribution in [0.2, 0.25) is 0 Å². The van der Waals surface area contributed by atoms with Crippen molar-refractivity contribution in [2.45, 2.75) is 116 Å². The quantitative estimate of drug-likeness (QED) is 0.315. The molecule has 3 heteroatoms. The third-order valence-corrected chi connectivity index (χ3v) is 8.03. The van der Waals surface area contributed by atoms with Crippen molar-refractivity contribution in [2.24, 2.45) is 17.8 Å². The van der Waals surface area contributed by atoms with E-state index in [-0.39, 0.29) is 11.7 Å². The Morgan fingerprint density at radius 1 is 0.710 bits per heavy atom. The third-order valence-electron chi connectivity index (χ3n) is 8.03. The van der Waals surface area contributed by atoms with Gasteiger partial charge in [0.1, 0.15) is 0 Å². The molecule has 0 spiro atoms. The number of halogens is 2. The SMILES string of the molecule is CCCCOc1ccc([C@H]2CC[C@H](CCC3CCC(CCCC)CC3)CC2)c(F)c1F. The highest BCUT2D eigenvalue weighted by molar-refractivity contribution is 5.33. The van der Waals surface area contributed by atoms with Crippen LogP contribution in [0.4, 0.5) is 8.78 Å². The zero-order chi connectivity index (χ0) is 22.1. The lowest BCUT2D eigenvalue weighted by molar-refractivity contribution is 0.222. The smallest absolute Gasteiger partial charge is 0.200 e. The molecular weight excluding hydrogens is 390 g/mol. The molecule has 1 nitrogen and oxygen atoms in total. The predicted molar refractivity (Wildman–Crippen MR) is 126 cm³/mol. The Labute approximate surface area is 189 Å². The minimum Gasteiger partial charge on any atom is -0.490 e. The van der Waals surface area contributed by atoms with Gasteiger partial charge in [-0.1, -0.05) is 84.1 Å². The first-order valence-electron chi connectivity index (χ1n) is 13.2. The maximum atomic E-state index is 14.7. The number of benzene rings is 1. The van der Waals surface area contributed by atoms with Crippen LogP contribution in [0.1, 0.15) is 122 Å². The maximum absolute atomic E-state index is 14.7. The minimum absolute atomic E-state index is 0.0628. The molecule has 2 aliphatic carbocycles. The van der Waals surface area contributed by atoms with Crippen LogP contribution < -0.4 is 4.74 Å². The summed E-state index contributed by atoms with van der Waals surface area (Å²) in [5.74, 6) is 1.44. The fourth-order valence-electron chi connectivity index (χ4n) is 5.84. The molecule has 2 aliphatic rings. The summed E-state index contributed by atoms with van der Waals surface area (Å²) in [5, 5.41) is 0. The van der Waals surface area contributed by atoms with Crippen molar-refractivity contribution < 1.29 is 13.5 Å². The largest absolute Gasteiger partial charge is 0.490 e. The fourth-order valence-corrected chi connectivity index (χ4v) is 5.84. The normalized spacial score (nSPS) is 26.7. The fraction of sp³-hybridized carbons (Fsp3) is 0.786. The van der Waals surface area contributed by atoms with E-state index >= 15 is 0 Å². The van der Waals surface area contributed by atoms with Gasteiger partial charge >= 0.3 is 0 Å². The summed E-state index contributed by atoms with van der Waals surface area (Å²) in [5.41, 5.74) is 0.559. The number of rotatable bonds is 11. The molecule has 0 N–H and O–H groups in total. The Morgan fingerprint density at radius 3 is 1.84 bits per heavy atom. The molecule has 2 fully saturated rings. The molecule has 31 heavy (non-hydrogen) atoms. The Bertz CT molecular complexity index is 643. The van der Waals surface area contributed by atoms with Crippen molar-refractivity contribution in [3.63, 3.8) is 0 Å². The van der Waals surface area contributed by atoms with Crippen LogP contribution >= 0.6 is 0 Å². The molecule has 3 rings (SSSR count). The van der Waals surface area contributed by atoms with E-state index in [9.17, 15) is 8.78 Å². The van der Waals surface area contributed by atoms with Gasteiger partial charge in [-0.3, -0.25) is 0 Å². The Kier molecular flexibility index (Phi) is 10.1. The topological polar surface area (TPSA) is 9.23 Å². The highest BCUT2D eigenvalue weighted by atomic mass is 19.2. The van der Waals surface area contributed by atoms with Gasteiger partial charge in [-0.2, -0.15) is 4.39 Å². The summed E-state index contributed by atoms with van der Waals surface area (Å²) in [6, 6.07) is 3.40. The predicted octanol–water partition coefficient (Wildman–Crippen LogP) is 9.19. The molecule has 0 bridgehead atoms. The van der Waals surface area contributed by atoms with Crippen LogP contribution in [0.15, 0.2) is 12.1 Å². The van der Waals surface area contributed by atoms with Crippen LogP contribution in [0, 0.1) is 29.4 Å². The number of hydrogen-bond acceptors (Lipinski definition) is 1. The van der Waals surface area contributed by atoms with E-state index in [1.54, 1.807) is 12.1 Å². The number of hydrogen-bond donors (Lipinski definition) is 0. The van der Waals surface area contributed by atoms with Crippen molar-refractivity contribution in [1.29, 1.82) is 0 Å². The lowest BCUT2D eigenvalue weighted by Gasteiger charge is -2.32. The van der Waals surface area contributed by atoms with E-state index in [0.717, 1.165) is 56.3 Å². The van der Waals surface area contributed by atoms with Gasteiger partial charge in [0.25, 0.3) is 0 Å². The van der Waals surface area contributed by atoms with Crippen LogP contribution in [0.25, 0.3) is 0 Å². The Morgan fingerprint density at radius 2 is 1.26 bits per heavy atom. The number of unbranched alkanes of at least 4 members (excludes halogenated alkanes) is 2. The van der Waals surface area contributed by atoms with Crippen molar-refractivity contribution in [3.05, 3.63) is 29.3 Å². The molecule has 2 saturated carbocycles. The monoisotopic (exact) mass is 434 g/mol. The van der Waals surface area contributed by atoms with Gasteiger partial charge in [0.2, 0.25) is 5.82 Å². The van der Waals surface area contributed by atoms with E-state index < -0.39 is 11.6 Å². The van der Waals surface area contributed by atoms with Crippen LogP contribution in [-0.4, -0.2) is 6.61 Å². The first kappa shape index (κ1) is 24.5. The molecule has 0 saturated heterocycles. The average molecular weight is 435 g/mol. The van der Waals surface area contributed by atoms with Gasteiger partial charge in [-0.25, -0.2) is 4.39 Å². The maximum Gasteiger partial charge on any atom is 0.200 e. The molecule has 0 amide bonds. The van der Waals surface area contributed by atoms with Crippen molar-refractivity contribution >= 4 is 0 Å². The zero-order valence-corrected chi connectivity index (χ0v) is 19.9. The summed E-state index contributed by atoms with van der Waals surface area (Å²) < 4.78 is 34.6. The summed E-state index contributed by atoms with van der Waals surface area (Å²) >= 11 is 0. The molecule has 0 atom stereocenters. The molecule has 1 aromatic rings. The molecule has 1 aromatic carbocycles. The molecule has 0 aromatic heterocycles. The van der Waals surface area contributed by atoms with E-state index in [2.05, 4.69) is 13.8 Å². The highest BCUT2D eigenvalue weighted by Crippen LogP contribution is 2.41. The van der Waals surface area contributed by atoms with Crippen LogP contribution in [0.3, 0.4) is 0 Å². The molecule has 0 aliphatic heterocycles. The van der Waals surface area contributed by atoms with Gasteiger partial charge in [0.15, 0.2) is 11.6 Å². The number of ether oxygens (including phenoxy) is 1. The second-order valence-corrected chi connectivity index (χ2v) is 10.3. The van der Waals surface area contributed by atoms with Gasteiger partial charge < -0.3 is 4.74 Å². The van der Waals surface area contributed by atoms with E-state index in [0.29, 0.717) is 12.2 Å². The minimum atomic E-state index is -0.801. The van der Waals surface area contributed by atoms with Gasteiger partial charge in [0.05, 0.1) is 6.61 Å². The first-order chi connectivity index (χ1) is 15.1. The van der Waals surface area contributed by atoms with E-state index in [4.69, 9.17) is 4.74 Å². The second-order valence-electron chi connectivity index (χ2n) is 10.3. The summed E-state index contributed by atoms with van der Waals surface area (Å²) in [7, 11) is 0. The second kappa shape index (κ2) is 12.8. The van der Waals surface area contributed by atoms with Crippen molar-refractivity contribution in [1.82, 2.24) is 0 Å². The molecule has 0 unspecified atom stereocenters. The third kappa shape index (κ3) is 7.19. The Hall–Kier alpha value is -1.12. The van der Waals surface area contributed by atoms with Crippen LogP contribution in [-0.2, 0) is 0 Å². The Balaban J connectivity index is 1.40. The van der Waals surface area contributed by atoms with E-state index in [1.165, 1.54) is 57.8 Å². The molecule has 176 valence electrons. The lowest BCUT2D eigenvalue weighted by atomic mass is 9.74. The van der Waals surface area contributed by atoms with Gasteiger partial charge in [0, 0.05) is 0 Å². The summed E-state index contributed by atoms with van der Waals surface area (Å²) in [4.78, 5) is 0. The lowest BCUT2D eigenvalue weighted by Crippen LogP contribution is -2.18. The summed E-state index contributed by atoms with van der Waals surface area (Å²) in [6.45, 7) is 4.79. The zero-order valence-electron chi connectivity index (χ0n) is 19.9. The van der Waals surface area contributed by atoms with Crippen LogP contribution in [0.5, 0.6) is 5.75 Å². The van der Waals surface area contributed by atoms with Crippen molar-refractivity contribution in [2.75, 3.05) is 6.61 Å². The van der Waals surface area contributed by atoms with Crippen molar-refractivity contribution in [3.8, 4) is 5.75 Å². The average Bonchev–Trinajstić information content (AvgIpc) is 2.80. The standard InChI is InChI=1S/C28H44F2O/c1-3-5-7-21-8-10-22(11-9-21)12-13-23-14-16-24(17-15-23)25-18-19-26(28(30)27(25)29)31-20-6-4-2/h18-19,21-24H,3-17,20H2,1-2H3/t21?,22?,23-,24-. The molecule has 0 heterocycles.